The third-order valence-corrected chi connectivity index (χ3v) is 11.7. The van der Waals surface area contributed by atoms with Gasteiger partial charge in [0.1, 0.15) is 0 Å². The summed E-state index contributed by atoms with van der Waals surface area (Å²) >= 11 is 0. The molecule has 0 fully saturated rings. The number of hydrogen-bond acceptors (Lipinski definition) is 0. The van der Waals surface area contributed by atoms with Crippen molar-refractivity contribution < 1.29 is 0 Å². The molecule has 0 heteroatoms. The number of hydrogen-bond donors (Lipinski definition) is 0. The van der Waals surface area contributed by atoms with Gasteiger partial charge >= 0.3 is 0 Å². The smallest absolute Gasteiger partial charge is 0.0131 e. The molecule has 0 bridgehead atoms. The molecule has 0 radical (unpaired) electrons. The van der Waals surface area contributed by atoms with Crippen LogP contribution in [-0.4, -0.2) is 0 Å². The van der Waals surface area contributed by atoms with Gasteiger partial charge in [-0.25, -0.2) is 0 Å². The van der Waals surface area contributed by atoms with E-state index >= 15 is 0 Å². The Morgan fingerprint density at radius 2 is 1.26 bits per heavy atom. The number of rotatable bonds is 2. The topological polar surface area (TPSA) is 0 Å². The van der Waals surface area contributed by atoms with Gasteiger partial charge in [0.15, 0.2) is 0 Å². The summed E-state index contributed by atoms with van der Waals surface area (Å²) in [6.45, 7) is 0. The van der Waals surface area contributed by atoms with Crippen LogP contribution in [0, 0.1) is 5.92 Å². The van der Waals surface area contributed by atoms with Crippen LogP contribution >= 0.6 is 0 Å². The molecular formula is C46H38. The number of fused-ring (bicyclic) bond motifs is 10. The van der Waals surface area contributed by atoms with E-state index in [-0.39, 0.29) is 0 Å². The monoisotopic (exact) mass is 590 g/mol. The zero-order chi connectivity index (χ0) is 30.2. The Hall–Kier alpha value is -4.68. The number of allylic oxidation sites excluding steroid dienone is 11. The van der Waals surface area contributed by atoms with E-state index in [9.17, 15) is 0 Å². The highest BCUT2D eigenvalue weighted by Crippen LogP contribution is 2.50. The molecule has 0 heterocycles. The molecule has 0 spiro atoms. The second kappa shape index (κ2) is 10.4. The quantitative estimate of drug-likeness (QED) is 0.218. The second-order valence-electron chi connectivity index (χ2n) is 14.1. The first-order valence-corrected chi connectivity index (χ1v) is 17.4. The van der Waals surface area contributed by atoms with E-state index in [4.69, 9.17) is 0 Å². The van der Waals surface area contributed by atoms with Gasteiger partial charge in [0.25, 0.3) is 0 Å². The van der Waals surface area contributed by atoms with E-state index in [0.717, 1.165) is 44.9 Å². The highest BCUT2D eigenvalue weighted by Gasteiger charge is 2.33. The van der Waals surface area contributed by atoms with Gasteiger partial charge in [0.05, 0.1) is 0 Å². The summed E-state index contributed by atoms with van der Waals surface area (Å²) in [7, 11) is 0. The maximum absolute atomic E-state index is 2.55. The fraction of sp³-hybridized carbons (Fsp3) is 0.217. The van der Waals surface area contributed by atoms with Gasteiger partial charge in [0.2, 0.25) is 0 Å². The van der Waals surface area contributed by atoms with Crippen molar-refractivity contribution in [2.75, 3.05) is 0 Å². The van der Waals surface area contributed by atoms with Gasteiger partial charge in [0, 0.05) is 17.8 Å². The highest BCUT2D eigenvalue weighted by molar-refractivity contribution is 5.97. The maximum atomic E-state index is 2.55. The van der Waals surface area contributed by atoms with Gasteiger partial charge in [-0.2, -0.15) is 0 Å². The number of aryl methyl sites for hydroxylation is 2. The zero-order valence-electron chi connectivity index (χ0n) is 26.3. The van der Waals surface area contributed by atoms with Gasteiger partial charge in [-0.1, -0.05) is 115 Å². The molecule has 0 aromatic heterocycles. The minimum absolute atomic E-state index is 0.442. The third-order valence-electron chi connectivity index (χ3n) is 11.7. The summed E-state index contributed by atoms with van der Waals surface area (Å²) in [4.78, 5) is 0. The molecular weight excluding hydrogens is 553 g/mol. The summed E-state index contributed by atoms with van der Waals surface area (Å²) in [6.07, 6.45) is 26.8. The van der Waals surface area contributed by atoms with Crippen molar-refractivity contribution in [1.82, 2.24) is 0 Å². The van der Waals surface area contributed by atoms with Crippen LogP contribution in [0.3, 0.4) is 0 Å². The third kappa shape index (κ3) is 4.12. The summed E-state index contributed by atoms with van der Waals surface area (Å²) < 4.78 is 0. The molecule has 10 rings (SSSR count). The maximum Gasteiger partial charge on any atom is 0.0131 e. The van der Waals surface area contributed by atoms with E-state index < -0.39 is 0 Å². The first-order chi connectivity index (χ1) is 22.8. The van der Waals surface area contributed by atoms with E-state index in [0.29, 0.717) is 17.8 Å². The minimum atomic E-state index is 0.442. The van der Waals surface area contributed by atoms with Gasteiger partial charge in [-0.3, -0.25) is 0 Å². The van der Waals surface area contributed by atoms with E-state index in [1.165, 1.54) is 66.8 Å². The summed E-state index contributed by atoms with van der Waals surface area (Å²) in [6, 6.07) is 31.0. The number of benzene rings is 4. The Labute approximate surface area is 272 Å². The Morgan fingerprint density at radius 3 is 2.13 bits per heavy atom. The molecule has 0 amide bonds. The summed E-state index contributed by atoms with van der Waals surface area (Å²) in [5, 5.41) is 0. The zero-order valence-corrected chi connectivity index (χ0v) is 26.3. The van der Waals surface area contributed by atoms with Crippen LogP contribution in [0.15, 0.2) is 127 Å². The van der Waals surface area contributed by atoms with Crippen molar-refractivity contribution in [2.24, 2.45) is 5.92 Å². The lowest BCUT2D eigenvalue weighted by atomic mass is 9.67. The van der Waals surface area contributed by atoms with Crippen molar-refractivity contribution in [1.29, 1.82) is 0 Å². The SMILES string of the molecule is C1=CC2C3=C(CCC=C3)c3cc(-c4ccc5c(c4)C4=C(CC5)c5cc(C6C=Cc7ccccc7C6)ccc5CC4)ccc3C2C=C1. The highest BCUT2D eigenvalue weighted by atomic mass is 14.4. The molecule has 3 unspecified atom stereocenters. The average molecular weight is 591 g/mol. The molecule has 0 saturated carbocycles. The molecule has 0 nitrogen and oxygen atoms in total. The van der Waals surface area contributed by atoms with Crippen molar-refractivity contribution in [3.8, 4) is 11.1 Å². The van der Waals surface area contributed by atoms with Crippen molar-refractivity contribution >= 4 is 22.8 Å². The van der Waals surface area contributed by atoms with Gasteiger partial charge in [-0.15, -0.1) is 0 Å². The fourth-order valence-electron chi connectivity index (χ4n) is 9.41. The van der Waals surface area contributed by atoms with E-state index in [1.54, 1.807) is 16.7 Å². The van der Waals surface area contributed by atoms with Crippen LogP contribution in [0.2, 0.25) is 0 Å². The molecule has 222 valence electrons. The molecule has 3 atom stereocenters. The first kappa shape index (κ1) is 26.5. The van der Waals surface area contributed by atoms with Gasteiger partial charge in [-0.05, 0) is 141 Å². The standard InChI is InChI=1S/C46H38/c1-2-8-32-25-33(16-13-29(32)7-1)34-17-14-30-19-23-42-41(44(30)26-34)22-20-31-15-18-35(27-45(31)42)36-21-24-43-39-11-4-3-9-37(39)38-10-5-6-12-40(38)46(43)28-36/h1-5,7-11,13-18,21,24,26-28,33,37,39H,6,12,19-20,22-23,25H2. The Morgan fingerprint density at radius 1 is 0.522 bits per heavy atom. The fourth-order valence-corrected chi connectivity index (χ4v) is 9.41. The van der Waals surface area contributed by atoms with Crippen molar-refractivity contribution in [2.45, 2.75) is 56.8 Å². The Balaban J connectivity index is 1.03. The summed E-state index contributed by atoms with van der Waals surface area (Å²) in [5.41, 5.74) is 22.4. The van der Waals surface area contributed by atoms with Crippen LogP contribution in [0.25, 0.3) is 33.9 Å². The van der Waals surface area contributed by atoms with Crippen molar-refractivity contribution in [3.63, 3.8) is 0 Å². The molecule has 4 aromatic carbocycles. The Kier molecular flexibility index (Phi) is 6.01. The molecule has 46 heavy (non-hydrogen) atoms. The molecule has 6 aliphatic rings. The van der Waals surface area contributed by atoms with Crippen LogP contribution in [-0.2, 0) is 19.3 Å². The second-order valence-corrected chi connectivity index (χ2v) is 14.1. The lowest BCUT2D eigenvalue weighted by Gasteiger charge is -2.36. The van der Waals surface area contributed by atoms with Crippen LogP contribution in [0.4, 0.5) is 0 Å². The summed E-state index contributed by atoms with van der Waals surface area (Å²) in [5.74, 6) is 1.37. The van der Waals surface area contributed by atoms with E-state index in [2.05, 4.69) is 127 Å². The largest absolute Gasteiger partial charge is 0.0839 e. The minimum Gasteiger partial charge on any atom is -0.0839 e. The normalized spacial score (nSPS) is 23.2. The molecule has 0 saturated heterocycles. The van der Waals surface area contributed by atoms with E-state index in [1.807, 2.05) is 0 Å². The Bertz CT molecular complexity index is 2140. The lowest BCUT2D eigenvalue weighted by molar-refractivity contribution is 0.655. The first-order valence-electron chi connectivity index (χ1n) is 17.4. The van der Waals surface area contributed by atoms with Crippen LogP contribution in [0.5, 0.6) is 0 Å². The molecule has 0 N–H and O–H groups in total. The predicted octanol–water partition coefficient (Wildman–Crippen LogP) is 11.5. The van der Waals surface area contributed by atoms with Crippen LogP contribution < -0.4 is 0 Å². The van der Waals surface area contributed by atoms with Crippen molar-refractivity contribution in [3.05, 3.63) is 177 Å². The average Bonchev–Trinajstić information content (AvgIpc) is 3.14. The molecule has 4 aromatic rings. The van der Waals surface area contributed by atoms with Crippen LogP contribution in [0.1, 0.15) is 87.6 Å². The molecule has 0 aliphatic heterocycles. The van der Waals surface area contributed by atoms with Gasteiger partial charge < -0.3 is 0 Å². The predicted molar refractivity (Wildman–Crippen MR) is 194 cm³/mol. The lowest BCUT2D eigenvalue weighted by Crippen LogP contribution is -2.21. The molecule has 6 aliphatic carbocycles.